The third kappa shape index (κ3) is 33.0. The number of ether oxygens (including phenoxy) is 1. The molecule has 0 aromatic rings. The molecule has 0 heterocycles. The maximum absolute atomic E-state index is 9.66. The maximum atomic E-state index is 9.66. The van der Waals surface area contributed by atoms with Crippen LogP contribution in [0.25, 0.3) is 0 Å². The second-order valence-electron chi connectivity index (χ2n) is 4.48. The van der Waals surface area contributed by atoms with Gasteiger partial charge in [-0.15, -0.1) is 0 Å². The Labute approximate surface area is 149 Å². The summed E-state index contributed by atoms with van der Waals surface area (Å²) >= 11 is 0. The van der Waals surface area contributed by atoms with Crippen molar-refractivity contribution in [2.24, 2.45) is 0 Å². The van der Waals surface area contributed by atoms with Crippen molar-refractivity contribution in [2.75, 3.05) is 19.8 Å². The summed E-state index contributed by atoms with van der Waals surface area (Å²) in [4.78, 5) is 19.3. The summed E-state index contributed by atoms with van der Waals surface area (Å²) in [6, 6.07) is 0. The number of carboxylic acids is 2. The van der Waals surface area contributed by atoms with Crippen LogP contribution in [0.3, 0.4) is 0 Å². The Kier molecular flexibility index (Phi) is 27.2. The number of aliphatic hydroxyl groups excluding tert-OH is 1. The van der Waals surface area contributed by atoms with E-state index in [2.05, 4.69) is 11.7 Å². The Morgan fingerprint density at radius 3 is 1.52 bits per heavy atom. The molecule has 0 aromatic carbocycles. The third-order valence-corrected chi connectivity index (χ3v) is 2.46. The molecule has 7 heteroatoms. The van der Waals surface area contributed by atoms with Gasteiger partial charge in [0.15, 0.2) is 0 Å². The van der Waals surface area contributed by atoms with Gasteiger partial charge in [-0.25, -0.2) is 9.59 Å². The average molecular weight is 316 g/mol. The predicted octanol–water partition coefficient (Wildman–Crippen LogP) is 1.64. The SMILES string of the molecule is CCCCCCCCCCO.O=C(O)COCC(=O)O.[NaH]. The van der Waals surface area contributed by atoms with Gasteiger partial charge >= 0.3 is 41.5 Å². The van der Waals surface area contributed by atoms with E-state index in [0.717, 1.165) is 6.42 Å². The van der Waals surface area contributed by atoms with Gasteiger partial charge in [0, 0.05) is 6.61 Å². The fraction of sp³-hybridized carbons (Fsp3) is 0.857. The van der Waals surface area contributed by atoms with Crippen molar-refractivity contribution in [2.45, 2.75) is 58.3 Å². The first-order valence-corrected chi connectivity index (χ1v) is 7.16. The quantitative estimate of drug-likeness (QED) is 0.373. The zero-order valence-corrected chi connectivity index (χ0v) is 12.3. The summed E-state index contributed by atoms with van der Waals surface area (Å²) < 4.78 is 4.16. The van der Waals surface area contributed by atoms with Gasteiger partial charge in [-0.05, 0) is 6.42 Å². The molecule has 0 aliphatic heterocycles. The molecule has 0 amide bonds. The van der Waals surface area contributed by atoms with Gasteiger partial charge in [0.25, 0.3) is 0 Å². The van der Waals surface area contributed by atoms with Gasteiger partial charge in [0.2, 0.25) is 0 Å². The van der Waals surface area contributed by atoms with Crippen LogP contribution >= 0.6 is 0 Å². The van der Waals surface area contributed by atoms with Crippen LogP contribution in [0.1, 0.15) is 58.3 Å². The van der Waals surface area contributed by atoms with E-state index < -0.39 is 25.2 Å². The molecular weight excluding hydrogens is 287 g/mol. The Balaban J connectivity index is -0.000000300. The van der Waals surface area contributed by atoms with Gasteiger partial charge in [0.1, 0.15) is 13.2 Å². The molecule has 0 spiro atoms. The zero-order valence-electron chi connectivity index (χ0n) is 12.3. The second-order valence-corrected chi connectivity index (χ2v) is 4.48. The van der Waals surface area contributed by atoms with Crippen molar-refractivity contribution in [3.05, 3.63) is 0 Å². The summed E-state index contributed by atoms with van der Waals surface area (Å²) in [6.07, 6.45) is 10.4. The number of hydrogen-bond donors (Lipinski definition) is 3. The molecule has 122 valence electrons. The van der Waals surface area contributed by atoms with Crippen LogP contribution in [-0.2, 0) is 14.3 Å². The van der Waals surface area contributed by atoms with Crippen molar-refractivity contribution in [1.29, 1.82) is 0 Å². The van der Waals surface area contributed by atoms with E-state index in [0.29, 0.717) is 6.61 Å². The number of rotatable bonds is 12. The summed E-state index contributed by atoms with van der Waals surface area (Å²) in [5, 5.41) is 24.3. The van der Waals surface area contributed by atoms with Crippen molar-refractivity contribution in [3.63, 3.8) is 0 Å². The van der Waals surface area contributed by atoms with E-state index in [9.17, 15) is 9.59 Å². The molecule has 0 radical (unpaired) electrons. The average Bonchev–Trinajstić information content (AvgIpc) is 2.38. The molecule has 0 atom stereocenters. The first kappa shape index (κ1) is 25.8. The minimum absolute atomic E-state index is 0. The van der Waals surface area contributed by atoms with E-state index in [1.165, 1.54) is 44.9 Å². The topological polar surface area (TPSA) is 104 Å². The van der Waals surface area contributed by atoms with E-state index >= 15 is 0 Å². The summed E-state index contributed by atoms with van der Waals surface area (Å²) in [5.74, 6) is -2.34. The molecule has 0 fully saturated rings. The molecule has 0 saturated heterocycles. The van der Waals surface area contributed by atoms with E-state index in [-0.39, 0.29) is 29.6 Å². The monoisotopic (exact) mass is 316 g/mol. The first-order valence-electron chi connectivity index (χ1n) is 7.16. The number of unbranched alkanes of at least 4 members (excludes halogenated alkanes) is 7. The number of hydrogen-bond acceptors (Lipinski definition) is 4. The van der Waals surface area contributed by atoms with E-state index in [4.69, 9.17) is 15.3 Å². The Morgan fingerprint density at radius 2 is 1.19 bits per heavy atom. The normalized spacial score (nSPS) is 9.24. The van der Waals surface area contributed by atoms with Gasteiger partial charge in [-0.1, -0.05) is 51.9 Å². The zero-order chi connectivity index (χ0) is 15.6. The van der Waals surface area contributed by atoms with Crippen LogP contribution in [0.2, 0.25) is 0 Å². The fourth-order valence-corrected chi connectivity index (χ4v) is 1.47. The molecule has 21 heavy (non-hydrogen) atoms. The molecule has 0 aromatic heterocycles. The van der Waals surface area contributed by atoms with Crippen molar-refractivity contribution in [3.8, 4) is 0 Å². The summed E-state index contributed by atoms with van der Waals surface area (Å²) in [6.45, 7) is 1.49. The van der Waals surface area contributed by atoms with E-state index in [1.807, 2.05) is 0 Å². The Morgan fingerprint density at radius 1 is 0.810 bits per heavy atom. The van der Waals surface area contributed by atoms with Crippen molar-refractivity contribution in [1.82, 2.24) is 0 Å². The second kappa shape index (κ2) is 22.1. The van der Waals surface area contributed by atoms with Crippen molar-refractivity contribution >= 4 is 41.5 Å². The summed E-state index contributed by atoms with van der Waals surface area (Å²) in [7, 11) is 0. The number of aliphatic hydroxyl groups is 1. The molecule has 0 aliphatic carbocycles. The number of carbonyl (C=O) groups is 2. The fourth-order valence-electron chi connectivity index (χ4n) is 1.47. The molecule has 0 bridgehead atoms. The Bertz CT molecular complexity index is 214. The number of aliphatic carboxylic acids is 2. The molecule has 3 N–H and O–H groups in total. The van der Waals surface area contributed by atoms with Crippen LogP contribution in [0.15, 0.2) is 0 Å². The Hall–Kier alpha value is -0.140. The molecule has 0 unspecified atom stereocenters. The van der Waals surface area contributed by atoms with Gasteiger partial charge in [-0.3, -0.25) is 0 Å². The van der Waals surface area contributed by atoms with Crippen molar-refractivity contribution < 1.29 is 29.6 Å². The molecule has 0 rings (SSSR count). The molecule has 0 aliphatic rings. The summed E-state index contributed by atoms with van der Waals surface area (Å²) in [5.41, 5.74) is 0. The van der Waals surface area contributed by atoms with Crippen LogP contribution in [0, 0.1) is 0 Å². The molecule has 0 saturated carbocycles. The van der Waals surface area contributed by atoms with E-state index in [1.54, 1.807) is 0 Å². The standard InChI is InChI=1S/C10H22O.C4H6O5.Na.H/c1-2-3-4-5-6-7-8-9-10-11;5-3(6)1-9-2-4(7)8;;/h11H,2-10H2,1H3;1-2H2,(H,5,6)(H,7,8);;. The van der Waals surface area contributed by atoms with Crippen LogP contribution in [-0.4, -0.2) is 76.6 Å². The predicted molar refractivity (Wildman–Crippen MR) is 82.9 cm³/mol. The first-order chi connectivity index (χ1) is 9.54. The third-order valence-electron chi connectivity index (χ3n) is 2.46. The van der Waals surface area contributed by atoms with Crippen LogP contribution in [0.4, 0.5) is 0 Å². The molecule has 6 nitrogen and oxygen atoms in total. The number of carboxylic acid groups (broad SMARTS) is 2. The van der Waals surface area contributed by atoms with Crippen LogP contribution in [0.5, 0.6) is 0 Å². The van der Waals surface area contributed by atoms with Gasteiger partial charge < -0.3 is 20.1 Å². The molecular formula is C14H29NaO6. The van der Waals surface area contributed by atoms with Gasteiger partial charge in [-0.2, -0.15) is 0 Å². The van der Waals surface area contributed by atoms with Gasteiger partial charge in [0.05, 0.1) is 0 Å². The van der Waals surface area contributed by atoms with Crippen LogP contribution < -0.4 is 0 Å². The minimum atomic E-state index is -1.17.